The van der Waals surface area contributed by atoms with Crippen LogP contribution < -0.4 is 5.32 Å². The number of amides is 3. The molecule has 3 rings (SSSR count). The van der Waals surface area contributed by atoms with Crippen molar-refractivity contribution in [1.82, 2.24) is 14.5 Å². The highest BCUT2D eigenvalue weighted by Crippen LogP contribution is 2.30. The van der Waals surface area contributed by atoms with Crippen molar-refractivity contribution in [3.05, 3.63) is 65.5 Å². The lowest BCUT2D eigenvalue weighted by Crippen LogP contribution is -2.49. The molecule has 1 aliphatic rings. The molecule has 0 spiro atoms. The number of hydrogen-bond donors (Lipinski definition) is 1. The molecular formula is C23H26FN3O5S. The number of carbonyl (C=O) groups excluding carboxylic acids is 3. The lowest BCUT2D eigenvalue weighted by atomic mass is 10.1. The van der Waals surface area contributed by atoms with E-state index in [2.05, 4.69) is 5.32 Å². The van der Waals surface area contributed by atoms with Gasteiger partial charge in [-0.25, -0.2) is 17.1 Å². The van der Waals surface area contributed by atoms with E-state index in [-0.39, 0.29) is 41.9 Å². The van der Waals surface area contributed by atoms with Gasteiger partial charge in [-0.2, -0.15) is 0 Å². The van der Waals surface area contributed by atoms with Crippen molar-refractivity contribution in [1.29, 1.82) is 0 Å². The number of nitrogens with zero attached hydrogens (tertiary/aromatic N) is 2. The second-order valence-electron chi connectivity index (χ2n) is 8.12. The summed E-state index contributed by atoms with van der Waals surface area (Å²) >= 11 is 0. The second kappa shape index (κ2) is 9.70. The lowest BCUT2D eigenvalue weighted by molar-refractivity contribution is -0.140. The zero-order valence-electron chi connectivity index (χ0n) is 18.6. The third-order valence-electron chi connectivity index (χ3n) is 5.31. The molecule has 10 heteroatoms. The maximum absolute atomic E-state index is 13.3. The van der Waals surface area contributed by atoms with Gasteiger partial charge in [-0.05, 0) is 50.6 Å². The largest absolute Gasteiger partial charge is 0.352 e. The number of nitrogens with one attached hydrogen (secondary N) is 1. The molecule has 0 saturated heterocycles. The number of rotatable bonds is 8. The predicted octanol–water partition coefficient (Wildman–Crippen LogP) is 2.30. The molecule has 0 aromatic heterocycles. The Balaban J connectivity index is 1.79. The Bertz CT molecular complexity index is 1160. The van der Waals surface area contributed by atoms with Crippen LogP contribution in [0.25, 0.3) is 0 Å². The van der Waals surface area contributed by atoms with Crippen molar-refractivity contribution in [3.8, 4) is 0 Å². The Morgan fingerprint density at radius 3 is 2.30 bits per heavy atom. The third kappa shape index (κ3) is 5.22. The van der Waals surface area contributed by atoms with Gasteiger partial charge in [-0.1, -0.05) is 24.3 Å². The summed E-state index contributed by atoms with van der Waals surface area (Å²) in [5, 5.41) is 2.75. The first-order chi connectivity index (χ1) is 15.5. The second-order valence-corrected chi connectivity index (χ2v) is 9.95. The highest BCUT2D eigenvalue weighted by Gasteiger charge is 2.41. The van der Waals surface area contributed by atoms with E-state index in [1.54, 1.807) is 26.8 Å². The van der Waals surface area contributed by atoms with Crippen molar-refractivity contribution < 1.29 is 27.2 Å². The molecule has 0 unspecified atom stereocenters. The van der Waals surface area contributed by atoms with Gasteiger partial charge in [0.05, 0.1) is 5.56 Å². The van der Waals surface area contributed by atoms with Gasteiger partial charge in [0.2, 0.25) is 11.8 Å². The van der Waals surface area contributed by atoms with Crippen molar-refractivity contribution in [2.45, 2.75) is 50.7 Å². The first-order valence-corrected chi connectivity index (χ1v) is 12.0. The summed E-state index contributed by atoms with van der Waals surface area (Å²) in [6.45, 7) is 4.81. The van der Waals surface area contributed by atoms with E-state index in [0.29, 0.717) is 9.87 Å². The van der Waals surface area contributed by atoms with Crippen LogP contribution in [0.2, 0.25) is 0 Å². The van der Waals surface area contributed by atoms with E-state index in [0.717, 1.165) is 0 Å². The van der Waals surface area contributed by atoms with E-state index in [1.807, 2.05) is 0 Å². The third-order valence-corrected chi connectivity index (χ3v) is 7.15. The fourth-order valence-electron chi connectivity index (χ4n) is 3.57. The highest BCUT2D eigenvalue weighted by atomic mass is 32.2. The van der Waals surface area contributed by atoms with Crippen LogP contribution in [0.1, 0.15) is 43.1 Å². The molecule has 3 amide bonds. The molecule has 1 heterocycles. The minimum Gasteiger partial charge on any atom is -0.352 e. The van der Waals surface area contributed by atoms with Crippen LogP contribution in [0.3, 0.4) is 0 Å². The van der Waals surface area contributed by atoms with Gasteiger partial charge in [0.15, 0.2) is 0 Å². The SMILES string of the molecule is CC(C)NC(=O)[C@H](C)N(Cc1ccc(F)cc1)C(=O)CCN1C(=O)c2ccccc2S1(=O)=O. The average molecular weight is 476 g/mol. The van der Waals surface area contributed by atoms with Gasteiger partial charge < -0.3 is 10.2 Å². The Labute approximate surface area is 192 Å². The van der Waals surface area contributed by atoms with E-state index >= 15 is 0 Å². The monoisotopic (exact) mass is 475 g/mol. The molecule has 1 atom stereocenters. The number of sulfonamides is 1. The molecule has 2 aromatic rings. The first kappa shape index (κ1) is 24.4. The summed E-state index contributed by atoms with van der Waals surface area (Å²) in [6, 6.07) is 10.4. The normalized spacial score (nSPS) is 15.3. The molecule has 1 aliphatic heterocycles. The first-order valence-electron chi connectivity index (χ1n) is 10.5. The lowest BCUT2D eigenvalue weighted by Gasteiger charge is -2.30. The zero-order chi connectivity index (χ0) is 24.3. The molecule has 0 aliphatic carbocycles. The molecular weight excluding hydrogens is 449 g/mol. The number of carbonyl (C=O) groups is 3. The summed E-state index contributed by atoms with van der Waals surface area (Å²) in [6.07, 6.45) is -0.306. The Hall–Kier alpha value is -3.27. The molecule has 8 nitrogen and oxygen atoms in total. The molecule has 0 saturated carbocycles. The van der Waals surface area contributed by atoms with E-state index in [9.17, 15) is 27.2 Å². The van der Waals surface area contributed by atoms with Crippen molar-refractivity contribution in [3.63, 3.8) is 0 Å². The summed E-state index contributed by atoms with van der Waals surface area (Å²) in [5.41, 5.74) is 0.670. The van der Waals surface area contributed by atoms with Gasteiger partial charge >= 0.3 is 0 Å². The molecule has 0 radical (unpaired) electrons. The molecule has 2 aromatic carbocycles. The van der Waals surface area contributed by atoms with Crippen LogP contribution in [0, 0.1) is 5.82 Å². The van der Waals surface area contributed by atoms with Gasteiger partial charge in [-0.3, -0.25) is 14.4 Å². The summed E-state index contributed by atoms with van der Waals surface area (Å²) in [7, 11) is -4.04. The minimum absolute atomic E-state index is 0.0206. The molecule has 176 valence electrons. The Kier molecular flexibility index (Phi) is 7.16. The number of fused-ring (bicyclic) bond motifs is 1. The van der Waals surface area contributed by atoms with E-state index < -0.39 is 33.7 Å². The summed E-state index contributed by atoms with van der Waals surface area (Å²) < 4.78 is 39.5. The quantitative estimate of drug-likeness (QED) is 0.631. The topological polar surface area (TPSA) is 104 Å². The van der Waals surface area contributed by atoms with Gasteiger partial charge in [0.1, 0.15) is 16.8 Å². The standard InChI is InChI=1S/C23H26FN3O5S/c1-15(2)25-22(29)16(3)26(14-17-8-10-18(24)11-9-17)21(28)12-13-27-23(30)19-6-4-5-7-20(19)33(27,31)32/h4-11,15-16H,12-14H2,1-3H3,(H,25,29)/t16-/m0/s1. The van der Waals surface area contributed by atoms with Crippen molar-refractivity contribution in [2.75, 3.05) is 6.54 Å². The summed E-state index contributed by atoms with van der Waals surface area (Å²) in [4.78, 5) is 39.5. The van der Waals surface area contributed by atoms with Crippen LogP contribution in [0.15, 0.2) is 53.4 Å². The van der Waals surface area contributed by atoms with E-state index in [1.165, 1.54) is 47.4 Å². The predicted molar refractivity (Wildman–Crippen MR) is 119 cm³/mol. The van der Waals surface area contributed by atoms with Crippen LogP contribution in [-0.4, -0.2) is 54.0 Å². The fraction of sp³-hybridized carbons (Fsp3) is 0.348. The van der Waals surface area contributed by atoms with Crippen LogP contribution in [0.5, 0.6) is 0 Å². The minimum atomic E-state index is -4.04. The maximum Gasteiger partial charge on any atom is 0.269 e. The Morgan fingerprint density at radius 2 is 1.70 bits per heavy atom. The highest BCUT2D eigenvalue weighted by molar-refractivity contribution is 7.90. The summed E-state index contributed by atoms with van der Waals surface area (Å²) in [5.74, 6) is -2.00. The molecule has 0 fully saturated rings. The van der Waals surface area contributed by atoms with Gasteiger partial charge in [-0.15, -0.1) is 0 Å². The zero-order valence-corrected chi connectivity index (χ0v) is 19.4. The average Bonchev–Trinajstić information content (AvgIpc) is 2.96. The maximum atomic E-state index is 13.3. The van der Waals surface area contributed by atoms with Crippen LogP contribution in [-0.2, 0) is 26.2 Å². The Morgan fingerprint density at radius 1 is 1.06 bits per heavy atom. The van der Waals surface area contributed by atoms with E-state index in [4.69, 9.17) is 0 Å². The smallest absolute Gasteiger partial charge is 0.269 e. The van der Waals surface area contributed by atoms with Crippen molar-refractivity contribution >= 4 is 27.7 Å². The number of hydrogen-bond acceptors (Lipinski definition) is 5. The molecule has 33 heavy (non-hydrogen) atoms. The van der Waals surface area contributed by atoms with Crippen LogP contribution >= 0.6 is 0 Å². The number of benzene rings is 2. The van der Waals surface area contributed by atoms with Gasteiger partial charge in [0.25, 0.3) is 15.9 Å². The van der Waals surface area contributed by atoms with Gasteiger partial charge in [0, 0.05) is 25.6 Å². The molecule has 1 N–H and O–H groups in total. The number of halogens is 1. The van der Waals surface area contributed by atoms with Crippen LogP contribution in [0.4, 0.5) is 4.39 Å². The fourth-order valence-corrected chi connectivity index (χ4v) is 5.14. The van der Waals surface area contributed by atoms with Crippen molar-refractivity contribution in [2.24, 2.45) is 0 Å². The molecule has 0 bridgehead atoms.